The minimum absolute atomic E-state index is 0.00252. The topological polar surface area (TPSA) is 85.1 Å². The molecule has 1 aromatic heterocycles. The second kappa shape index (κ2) is 5.56. The Bertz CT molecular complexity index is 732. The highest BCUT2D eigenvalue weighted by Crippen LogP contribution is 2.21. The first kappa shape index (κ1) is 14.4. The van der Waals surface area contributed by atoms with E-state index in [0.29, 0.717) is 16.9 Å². The summed E-state index contributed by atoms with van der Waals surface area (Å²) in [4.78, 5) is 3.83. The van der Waals surface area contributed by atoms with Crippen LogP contribution in [0.25, 0.3) is 0 Å². The lowest BCUT2D eigenvalue weighted by molar-refractivity contribution is 0.593. The highest BCUT2D eigenvalue weighted by molar-refractivity contribution is 7.92. The average molecular weight is 295 g/mol. The van der Waals surface area contributed by atoms with Crippen LogP contribution in [0.4, 0.5) is 10.1 Å². The van der Waals surface area contributed by atoms with Crippen LogP contribution in [-0.2, 0) is 16.6 Å². The van der Waals surface area contributed by atoms with E-state index < -0.39 is 15.8 Å². The van der Waals surface area contributed by atoms with Gasteiger partial charge in [0.05, 0.1) is 16.3 Å². The van der Waals surface area contributed by atoms with Crippen molar-refractivity contribution in [3.63, 3.8) is 0 Å². The minimum Gasteiger partial charge on any atom is -0.326 e. The first-order chi connectivity index (χ1) is 9.44. The third-order valence-electron chi connectivity index (χ3n) is 2.79. The van der Waals surface area contributed by atoms with E-state index >= 15 is 0 Å². The van der Waals surface area contributed by atoms with E-state index in [-0.39, 0.29) is 11.4 Å². The highest BCUT2D eigenvalue weighted by Gasteiger charge is 2.19. The molecule has 5 nitrogen and oxygen atoms in total. The molecule has 0 aliphatic heterocycles. The fourth-order valence-corrected chi connectivity index (χ4v) is 3.12. The van der Waals surface area contributed by atoms with Gasteiger partial charge in [-0.1, -0.05) is 6.07 Å². The van der Waals surface area contributed by atoms with Gasteiger partial charge in [-0.3, -0.25) is 9.71 Å². The van der Waals surface area contributed by atoms with Gasteiger partial charge in [0, 0.05) is 12.7 Å². The molecule has 2 aromatic rings. The Kier molecular flexibility index (Phi) is 4.01. The Hall–Kier alpha value is -1.99. The molecule has 0 saturated heterocycles. The SMILES string of the molecule is Cc1ncccc1NS(=O)(=O)c1cc(F)ccc1CN. The van der Waals surface area contributed by atoms with E-state index in [4.69, 9.17) is 5.73 Å². The molecule has 0 spiro atoms. The quantitative estimate of drug-likeness (QED) is 0.900. The van der Waals surface area contributed by atoms with Gasteiger partial charge in [-0.15, -0.1) is 0 Å². The highest BCUT2D eigenvalue weighted by atomic mass is 32.2. The van der Waals surface area contributed by atoms with E-state index in [1.165, 1.54) is 12.1 Å². The molecule has 0 radical (unpaired) electrons. The number of halogens is 1. The minimum atomic E-state index is -3.91. The van der Waals surface area contributed by atoms with Gasteiger partial charge in [0.25, 0.3) is 10.0 Å². The van der Waals surface area contributed by atoms with E-state index in [1.807, 2.05) is 0 Å². The predicted octanol–water partition coefficient (Wildman–Crippen LogP) is 1.79. The summed E-state index contributed by atoms with van der Waals surface area (Å²) in [5.74, 6) is -0.634. The van der Waals surface area contributed by atoms with Gasteiger partial charge >= 0.3 is 0 Å². The van der Waals surface area contributed by atoms with Crippen molar-refractivity contribution in [1.82, 2.24) is 4.98 Å². The van der Waals surface area contributed by atoms with Crippen LogP contribution in [0.5, 0.6) is 0 Å². The van der Waals surface area contributed by atoms with E-state index in [2.05, 4.69) is 9.71 Å². The number of aryl methyl sites for hydroxylation is 1. The van der Waals surface area contributed by atoms with Gasteiger partial charge < -0.3 is 5.73 Å². The number of hydrogen-bond acceptors (Lipinski definition) is 4. The molecular weight excluding hydrogens is 281 g/mol. The smallest absolute Gasteiger partial charge is 0.262 e. The molecule has 0 aliphatic rings. The van der Waals surface area contributed by atoms with Crippen molar-refractivity contribution < 1.29 is 12.8 Å². The van der Waals surface area contributed by atoms with E-state index in [9.17, 15) is 12.8 Å². The summed E-state index contributed by atoms with van der Waals surface area (Å²) < 4.78 is 40.3. The molecule has 2 rings (SSSR count). The molecule has 7 heteroatoms. The maximum absolute atomic E-state index is 13.3. The molecule has 1 aromatic carbocycles. The van der Waals surface area contributed by atoms with Crippen molar-refractivity contribution >= 4 is 15.7 Å². The maximum atomic E-state index is 13.3. The molecule has 0 aliphatic carbocycles. The Morgan fingerprint density at radius 3 is 2.75 bits per heavy atom. The van der Waals surface area contributed by atoms with Crippen molar-refractivity contribution in [2.75, 3.05) is 4.72 Å². The van der Waals surface area contributed by atoms with Crippen LogP contribution >= 0.6 is 0 Å². The molecule has 20 heavy (non-hydrogen) atoms. The van der Waals surface area contributed by atoms with Gasteiger partial charge in [0.15, 0.2) is 0 Å². The number of rotatable bonds is 4. The van der Waals surface area contributed by atoms with E-state index in [1.54, 1.807) is 25.3 Å². The summed E-state index contributed by atoms with van der Waals surface area (Å²) in [6.45, 7) is 1.68. The third kappa shape index (κ3) is 2.94. The van der Waals surface area contributed by atoms with Crippen LogP contribution in [0, 0.1) is 12.7 Å². The number of nitrogens with two attached hydrogens (primary N) is 1. The summed E-state index contributed by atoms with van der Waals surface area (Å²) in [5, 5.41) is 0. The maximum Gasteiger partial charge on any atom is 0.262 e. The van der Waals surface area contributed by atoms with Gasteiger partial charge in [-0.2, -0.15) is 0 Å². The summed E-state index contributed by atoms with van der Waals surface area (Å²) in [6.07, 6.45) is 1.56. The lowest BCUT2D eigenvalue weighted by Crippen LogP contribution is -2.17. The standard InChI is InChI=1S/C13H14FN3O2S/c1-9-12(3-2-6-16-9)17-20(18,19)13-7-11(14)5-4-10(13)8-15/h2-7,17H,8,15H2,1H3. The monoisotopic (exact) mass is 295 g/mol. The normalized spacial score (nSPS) is 11.3. The van der Waals surface area contributed by atoms with Crippen molar-refractivity contribution in [2.45, 2.75) is 18.4 Å². The zero-order valence-corrected chi connectivity index (χ0v) is 11.6. The van der Waals surface area contributed by atoms with Crippen LogP contribution in [0.15, 0.2) is 41.4 Å². The van der Waals surface area contributed by atoms with Crippen LogP contribution in [0.3, 0.4) is 0 Å². The zero-order valence-electron chi connectivity index (χ0n) is 10.8. The van der Waals surface area contributed by atoms with Crippen molar-refractivity contribution in [3.05, 3.63) is 53.6 Å². The average Bonchev–Trinajstić information content (AvgIpc) is 2.41. The number of nitrogens with one attached hydrogen (secondary N) is 1. The fraction of sp³-hybridized carbons (Fsp3) is 0.154. The van der Waals surface area contributed by atoms with Crippen LogP contribution in [-0.4, -0.2) is 13.4 Å². The molecule has 3 N–H and O–H groups in total. The molecule has 0 fully saturated rings. The summed E-state index contributed by atoms with van der Waals surface area (Å²) in [5.41, 5.74) is 6.72. The first-order valence-electron chi connectivity index (χ1n) is 5.87. The Balaban J connectivity index is 2.46. The van der Waals surface area contributed by atoms with Gasteiger partial charge in [-0.05, 0) is 36.8 Å². The molecule has 0 bridgehead atoms. The Labute approximate surface area is 116 Å². The number of anilines is 1. The molecule has 106 valence electrons. The van der Waals surface area contributed by atoms with Gasteiger partial charge in [0.2, 0.25) is 0 Å². The van der Waals surface area contributed by atoms with Crippen LogP contribution in [0.2, 0.25) is 0 Å². The fourth-order valence-electron chi connectivity index (χ4n) is 1.74. The lowest BCUT2D eigenvalue weighted by Gasteiger charge is -2.12. The first-order valence-corrected chi connectivity index (χ1v) is 7.35. The van der Waals surface area contributed by atoms with Crippen LogP contribution < -0.4 is 10.5 Å². The molecule has 0 amide bonds. The summed E-state index contributed by atoms with van der Waals surface area (Å²) >= 11 is 0. The molecule has 0 saturated carbocycles. The van der Waals surface area contributed by atoms with Crippen molar-refractivity contribution in [2.24, 2.45) is 5.73 Å². The second-order valence-electron chi connectivity index (χ2n) is 4.20. The second-order valence-corrected chi connectivity index (χ2v) is 5.85. The Morgan fingerprint density at radius 1 is 1.35 bits per heavy atom. The number of aromatic nitrogens is 1. The van der Waals surface area contributed by atoms with Gasteiger partial charge in [0.1, 0.15) is 5.82 Å². The third-order valence-corrected chi connectivity index (χ3v) is 4.24. The van der Waals surface area contributed by atoms with E-state index in [0.717, 1.165) is 6.07 Å². The van der Waals surface area contributed by atoms with Crippen LogP contribution in [0.1, 0.15) is 11.3 Å². The lowest BCUT2D eigenvalue weighted by atomic mass is 10.2. The summed E-state index contributed by atoms with van der Waals surface area (Å²) in [7, 11) is -3.91. The van der Waals surface area contributed by atoms with Crippen molar-refractivity contribution in [3.8, 4) is 0 Å². The number of hydrogen-bond donors (Lipinski definition) is 2. The van der Waals surface area contributed by atoms with Gasteiger partial charge in [-0.25, -0.2) is 12.8 Å². The Morgan fingerprint density at radius 2 is 2.10 bits per heavy atom. The molecule has 1 heterocycles. The van der Waals surface area contributed by atoms with Crippen molar-refractivity contribution in [1.29, 1.82) is 0 Å². The zero-order chi connectivity index (χ0) is 14.8. The largest absolute Gasteiger partial charge is 0.326 e. The summed E-state index contributed by atoms with van der Waals surface area (Å²) in [6, 6.07) is 6.69. The number of sulfonamides is 1. The number of pyridine rings is 1. The number of benzene rings is 1. The predicted molar refractivity (Wildman–Crippen MR) is 74.1 cm³/mol. The number of nitrogens with zero attached hydrogens (tertiary/aromatic N) is 1. The molecule has 0 atom stereocenters. The molecular formula is C13H14FN3O2S. The molecule has 0 unspecified atom stereocenters.